The Labute approximate surface area is 189 Å². The van der Waals surface area contributed by atoms with E-state index in [9.17, 15) is 9.90 Å². The maximum absolute atomic E-state index is 11.3. The Morgan fingerprint density at radius 1 is 1.29 bits per heavy atom. The van der Waals surface area contributed by atoms with E-state index in [1.807, 2.05) is 61.9 Å². The highest BCUT2D eigenvalue weighted by atomic mass is 32.2. The van der Waals surface area contributed by atoms with Crippen molar-refractivity contribution in [3.8, 4) is 22.8 Å². The number of thiazole rings is 1. The minimum atomic E-state index is -1.02. The van der Waals surface area contributed by atoms with Gasteiger partial charge in [0.25, 0.3) is 0 Å². The molecule has 0 fully saturated rings. The number of aliphatic imine (C=N–C) groups is 1. The Morgan fingerprint density at radius 2 is 2.06 bits per heavy atom. The van der Waals surface area contributed by atoms with Crippen LogP contribution in [0.4, 0.5) is 5.13 Å². The van der Waals surface area contributed by atoms with Gasteiger partial charge in [-0.2, -0.15) is 11.8 Å². The van der Waals surface area contributed by atoms with Crippen LogP contribution in [0.15, 0.2) is 52.8 Å². The summed E-state index contributed by atoms with van der Waals surface area (Å²) in [6.45, 7) is 4.06. The Kier molecular flexibility index (Phi) is 7.54. The number of benzene rings is 2. The lowest BCUT2D eigenvalue weighted by molar-refractivity contribution is -0.137. The third-order valence-corrected chi connectivity index (χ3v) is 5.76. The minimum absolute atomic E-state index is 0.0159. The SMILES string of the molecule is CSCC(N=C(N)Nc1nc(-c2ccccc2Oc2ccc(C)cc2C)cs1)C(=O)O. The molecule has 0 aliphatic rings. The maximum atomic E-state index is 11.3. The van der Waals surface area contributed by atoms with Gasteiger partial charge in [0, 0.05) is 16.7 Å². The first-order valence-electron chi connectivity index (χ1n) is 9.49. The molecule has 1 heterocycles. The molecular formula is C22H24N4O3S2. The van der Waals surface area contributed by atoms with Gasteiger partial charge in [-0.25, -0.2) is 14.8 Å². The predicted molar refractivity (Wildman–Crippen MR) is 129 cm³/mol. The fourth-order valence-corrected chi connectivity index (χ4v) is 4.14. The number of nitrogens with zero attached hydrogens (tertiary/aromatic N) is 2. The molecule has 4 N–H and O–H groups in total. The number of anilines is 1. The van der Waals surface area contributed by atoms with Gasteiger partial charge in [0.1, 0.15) is 11.5 Å². The Bertz CT molecular complexity index is 1100. The van der Waals surface area contributed by atoms with Gasteiger partial charge in [0.05, 0.1) is 5.69 Å². The van der Waals surface area contributed by atoms with Crippen LogP contribution in [0.5, 0.6) is 11.5 Å². The largest absolute Gasteiger partial charge is 0.480 e. The number of thioether (sulfide) groups is 1. The average Bonchev–Trinajstić information content (AvgIpc) is 3.18. The van der Waals surface area contributed by atoms with Gasteiger partial charge >= 0.3 is 5.97 Å². The van der Waals surface area contributed by atoms with Crippen LogP contribution in [0.3, 0.4) is 0 Å². The lowest BCUT2D eigenvalue weighted by atomic mass is 10.1. The van der Waals surface area contributed by atoms with Gasteiger partial charge in [-0.15, -0.1) is 11.3 Å². The molecule has 0 aliphatic heterocycles. The smallest absolute Gasteiger partial charge is 0.329 e. The predicted octanol–water partition coefficient (Wildman–Crippen LogP) is 4.76. The molecule has 7 nitrogen and oxygen atoms in total. The quantitative estimate of drug-likeness (QED) is 0.331. The zero-order chi connectivity index (χ0) is 22.4. The lowest BCUT2D eigenvalue weighted by Gasteiger charge is -2.12. The monoisotopic (exact) mass is 456 g/mol. The number of carboxylic acid groups (broad SMARTS) is 1. The molecule has 1 unspecified atom stereocenters. The van der Waals surface area contributed by atoms with E-state index in [1.165, 1.54) is 28.7 Å². The van der Waals surface area contributed by atoms with E-state index >= 15 is 0 Å². The number of carboxylic acids is 1. The summed E-state index contributed by atoms with van der Waals surface area (Å²) in [5.41, 5.74) is 9.68. The lowest BCUT2D eigenvalue weighted by Crippen LogP contribution is -2.29. The van der Waals surface area contributed by atoms with Crippen LogP contribution in [0, 0.1) is 13.8 Å². The van der Waals surface area contributed by atoms with Crippen LogP contribution < -0.4 is 15.8 Å². The van der Waals surface area contributed by atoms with E-state index in [0.717, 1.165) is 22.6 Å². The molecule has 0 bridgehead atoms. The molecule has 0 spiro atoms. The third-order valence-electron chi connectivity index (χ3n) is 4.36. The summed E-state index contributed by atoms with van der Waals surface area (Å²) in [5, 5.41) is 14.5. The van der Waals surface area contributed by atoms with E-state index in [4.69, 9.17) is 10.5 Å². The van der Waals surface area contributed by atoms with Crippen molar-refractivity contribution in [1.82, 2.24) is 4.98 Å². The Hall–Kier alpha value is -3.04. The Morgan fingerprint density at radius 3 is 2.77 bits per heavy atom. The summed E-state index contributed by atoms with van der Waals surface area (Å²) in [5.74, 6) is 0.818. The first-order valence-corrected chi connectivity index (χ1v) is 11.8. The molecule has 0 aliphatic carbocycles. The van der Waals surface area contributed by atoms with E-state index in [2.05, 4.69) is 21.4 Å². The van der Waals surface area contributed by atoms with Crippen LogP contribution in [-0.2, 0) is 4.79 Å². The number of aryl methyl sites for hydroxylation is 2. The highest BCUT2D eigenvalue weighted by Crippen LogP contribution is 2.35. The number of aliphatic carboxylic acids is 1. The van der Waals surface area contributed by atoms with Gasteiger partial charge in [-0.05, 0) is 43.9 Å². The van der Waals surface area contributed by atoms with E-state index in [0.29, 0.717) is 16.6 Å². The van der Waals surface area contributed by atoms with Crippen molar-refractivity contribution in [3.05, 3.63) is 59.0 Å². The standard InChI is InChI=1S/C22H24N4O3S2/c1-13-8-9-18(14(2)10-13)29-19-7-5-4-6-15(19)16-12-31-22(25-16)26-21(23)24-17(11-30-3)20(27)28/h4-10,12,17H,11H2,1-3H3,(H,27,28)(H3,23,24,25,26). The van der Waals surface area contributed by atoms with Crippen molar-refractivity contribution in [1.29, 1.82) is 0 Å². The maximum Gasteiger partial charge on any atom is 0.329 e. The summed E-state index contributed by atoms with van der Waals surface area (Å²) in [7, 11) is 0. The molecule has 162 valence electrons. The summed E-state index contributed by atoms with van der Waals surface area (Å²) < 4.78 is 6.17. The van der Waals surface area contributed by atoms with Crippen LogP contribution in [0.2, 0.25) is 0 Å². The van der Waals surface area contributed by atoms with Crippen molar-refractivity contribution in [2.24, 2.45) is 10.7 Å². The second-order valence-corrected chi connectivity index (χ2v) is 8.62. The molecule has 2 aromatic carbocycles. The number of hydrogen-bond donors (Lipinski definition) is 3. The molecule has 1 aromatic heterocycles. The van der Waals surface area contributed by atoms with Crippen LogP contribution in [-0.4, -0.2) is 40.1 Å². The summed E-state index contributed by atoms with van der Waals surface area (Å²) >= 11 is 2.74. The fraction of sp³-hybridized carbons (Fsp3) is 0.227. The molecular weight excluding hydrogens is 432 g/mol. The summed E-state index contributed by atoms with van der Waals surface area (Å²) in [4.78, 5) is 19.9. The first kappa shape index (κ1) is 22.6. The van der Waals surface area contributed by atoms with Crippen molar-refractivity contribution in [3.63, 3.8) is 0 Å². The number of hydrogen-bond acceptors (Lipinski definition) is 6. The van der Waals surface area contributed by atoms with Crippen LogP contribution >= 0.6 is 23.1 Å². The van der Waals surface area contributed by atoms with E-state index in [-0.39, 0.29) is 5.96 Å². The number of rotatable bonds is 8. The molecule has 0 radical (unpaired) electrons. The van der Waals surface area contributed by atoms with Crippen molar-refractivity contribution >= 4 is 40.2 Å². The molecule has 31 heavy (non-hydrogen) atoms. The highest BCUT2D eigenvalue weighted by molar-refractivity contribution is 7.98. The molecule has 3 aromatic rings. The fourth-order valence-electron chi connectivity index (χ4n) is 2.89. The van der Waals surface area contributed by atoms with Gasteiger partial charge in [-0.1, -0.05) is 29.8 Å². The second kappa shape index (κ2) is 10.3. The van der Waals surface area contributed by atoms with Gasteiger partial charge in [0.15, 0.2) is 17.1 Å². The van der Waals surface area contributed by atoms with Crippen molar-refractivity contribution in [2.75, 3.05) is 17.3 Å². The van der Waals surface area contributed by atoms with Crippen LogP contribution in [0.1, 0.15) is 11.1 Å². The van der Waals surface area contributed by atoms with E-state index in [1.54, 1.807) is 0 Å². The number of ether oxygens (including phenoxy) is 1. The highest BCUT2D eigenvalue weighted by Gasteiger charge is 2.17. The first-order chi connectivity index (χ1) is 14.9. The van der Waals surface area contributed by atoms with E-state index < -0.39 is 12.0 Å². The second-order valence-electron chi connectivity index (χ2n) is 6.85. The number of guanidine groups is 1. The normalized spacial score (nSPS) is 12.4. The number of aromatic nitrogens is 1. The molecule has 0 saturated heterocycles. The zero-order valence-electron chi connectivity index (χ0n) is 17.5. The zero-order valence-corrected chi connectivity index (χ0v) is 19.1. The number of nitrogens with two attached hydrogens (primary N) is 1. The number of carbonyl (C=O) groups is 1. The molecule has 3 rings (SSSR count). The van der Waals surface area contributed by atoms with Crippen LogP contribution in [0.25, 0.3) is 11.3 Å². The van der Waals surface area contributed by atoms with Gasteiger partial charge < -0.3 is 20.9 Å². The van der Waals surface area contributed by atoms with Crippen molar-refractivity contribution in [2.45, 2.75) is 19.9 Å². The number of nitrogens with one attached hydrogen (secondary N) is 1. The van der Waals surface area contributed by atoms with Gasteiger partial charge in [-0.3, -0.25) is 0 Å². The topological polar surface area (TPSA) is 110 Å². The van der Waals surface area contributed by atoms with Gasteiger partial charge in [0.2, 0.25) is 0 Å². The molecule has 1 atom stereocenters. The minimum Gasteiger partial charge on any atom is -0.480 e. The summed E-state index contributed by atoms with van der Waals surface area (Å²) in [6, 6.07) is 12.8. The molecule has 0 amide bonds. The molecule has 9 heteroatoms. The summed E-state index contributed by atoms with van der Waals surface area (Å²) in [6.07, 6.45) is 1.82. The molecule has 0 saturated carbocycles. The average molecular weight is 457 g/mol. The number of para-hydroxylation sites is 1. The van der Waals surface area contributed by atoms with Crippen molar-refractivity contribution < 1.29 is 14.6 Å². The third kappa shape index (κ3) is 5.99. The Balaban J connectivity index is 1.80.